The van der Waals surface area contributed by atoms with Gasteiger partial charge in [0.05, 0.1) is 0 Å². The van der Waals surface area contributed by atoms with Crippen LogP contribution in [0.2, 0.25) is 0 Å². The van der Waals surface area contributed by atoms with Crippen LogP contribution >= 0.6 is 0 Å². The average molecular weight is 392 g/mol. The summed E-state index contributed by atoms with van der Waals surface area (Å²) in [6, 6.07) is 18.8. The van der Waals surface area contributed by atoms with Gasteiger partial charge in [0.15, 0.2) is 6.17 Å². The van der Waals surface area contributed by atoms with Crippen molar-refractivity contribution in [2.24, 2.45) is 0 Å². The van der Waals surface area contributed by atoms with E-state index in [0.29, 0.717) is 17.2 Å². The highest BCUT2D eigenvalue weighted by Crippen LogP contribution is 2.32. The number of nitrogens with one attached hydrogen (secondary N) is 1. The van der Waals surface area contributed by atoms with E-state index in [1.807, 2.05) is 30.3 Å². The first-order valence-electron chi connectivity index (χ1n) is 9.59. The Hall–Kier alpha value is -3.34. The molecule has 150 valence electrons. The number of carbonyl (C=O) groups excluding carboxylic acids is 1. The molecule has 0 radical (unpaired) electrons. The van der Waals surface area contributed by atoms with Gasteiger partial charge in [-0.05, 0) is 91.1 Å². The molecule has 5 heteroatoms. The van der Waals surface area contributed by atoms with Crippen LogP contribution in [0.3, 0.4) is 0 Å². The zero-order valence-corrected chi connectivity index (χ0v) is 16.8. The maximum atomic E-state index is 13.0. The Labute approximate surface area is 170 Å². The normalized spacial score (nSPS) is 11.7. The third-order valence-electron chi connectivity index (χ3n) is 4.72. The molecule has 0 aliphatic carbocycles. The van der Waals surface area contributed by atoms with Gasteiger partial charge in [-0.3, -0.25) is 4.79 Å². The molecule has 3 N–H and O–H groups in total. The third kappa shape index (κ3) is 4.93. The molecule has 1 atom stereocenters. The summed E-state index contributed by atoms with van der Waals surface area (Å²) < 4.78 is 18.9. The van der Waals surface area contributed by atoms with Gasteiger partial charge in [-0.1, -0.05) is 19.1 Å². The maximum absolute atomic E-state index is 13.0. The molecule has 1 unspecified atom stereocenters. The van der Waals surface area contributed by atoms with Crippen molar-refractivity contribution in [2.75, 3.05) is 11.1 Å². The first-order chi connectivity index (χ1) is 13.9. The van der Waals surface area contributed by atoms with E-state index in [0.717, 1.165) is 23.2 Å². The highest BCUT2D eigenvalue weighted by atomic mass is 19.1. The minimum atomic E-state index is -1.55. The summed E-state index contributed by atoms with van der Waals surface area (Å²) >= 11 is 0. The molecule has 0 heterocycles. The van der Waals surface area contributed by atoms with Crippen molar-refractivity contribution in [1.29, 1.82) is 0 Å². The molecule has 0 aliphatic heterocycles. The van der Waals surface area contributed by atoms with E-state index >= 15 is 0 Å². The van der Waals surface area contributed by atoms with E-state index in [2.05, 4.69) is 25.2 Å². The van der Waals surface area contributed by atoms with Gasteiger partial charge in [0.25, 0.3) is 5.91 Å². The molecule has 0 saturated carbocycles. The smallest absolute Gasteiger partial charge is 0.258 e. The minimum absolute atomic E-state index is 0.522. The Morgan fingerprint density at radius 1 is 1.03 bits per heavy atom. The second-order valence-electron chi connectivity index (χ2n) is 6.98. The Morgan fingerprint density at radius 3 is 2.31 bits per heavy atom. The topological polar surface area (TPSA) is 64.3 Å². The highest BCUT2D eigenvalue weighted by Gasteiger charge is 2.11. The summed E-state index contributed by atoms with van der Waals surface area (Å²) in [6.45, 7) is 5.37. The van der Waals surface area contributed by atoms with Crippen LogP contribution in [0.4, 0.5) is 15.8 Å². The van der Waals surface area contributed by atoms with Crippen LogP contribution in [0, 0.1) is 6.92 Å². The predicted molar refractivity (Wildman–Crippen MR) is 116 cm³/mol. The first kappa shape index (κ1) is 20.4. The second-order valence-corrected chi connectivity index (χ2v) is 6.98. The van der Waals surface area contributed by atoms with Gasteiger partial charge in [-0.2, -0.15) is 0 Å². The van der Waals surface area contributed by atoms with E-state index in [9.17, 15) is 9.18 Å². The number of rotatable bonds is 6. The number of nitrogen functional groups attached to an aromatic ring is 1. The number of hydrogen-bond acceptors (Lipinski definition) is 3. The molecule has 4 nitrogen and oxygen atoms in total. The Bertz CT molecular complexity index is 1010. The predicted octanol–water partition coefficient (Wildman–Crippen LogP) is 5.90. The molecule has 0 aliphatic rings. The number of nitrogens with two attached hydrogens (primary N) is 1. The van der Waals surface area contributed by atoms with Crippen LogP contribution in [0.25, 0.3) is 11.1 Å². The van der Waals surface area contributed by atoms with Gasteiger partial charge >= 0.3 is 0 Å². The molecule has 0 spiro atoms. The number of hydrogen-bond donors (Lipinski definition) is 2. The fourth-order valence-corrected chi connectivity index (χ4v) is 3.15. The molecule has 3 aromatic rings. The average Bonchev–Trinajstić information content (AvgIpc) is 2.70. The zero-order valence-electron chi connectivity index (χ0n) is 16.8. The summed E-state index contributed by atoms with van der Waals surface area (Å²) in [4.78, 5) is 11.4. The van der Waals surface area contributed by atoms with Gasteiger partial charge in [0, 0.05) is 11.4 Å². The SMILES string of the molecule is CCc1cc(N)ccc1-c1ccc(Oc2ccc(NC(=O)C(C)F)cc2)cc1C. The molecular formula is C24H25FN2O2. The molecule has 1 amide bonds. The van der Waals surface area contributed by atoms with Gasteiger partial charge in [0.1, 0.15) is 11.5 Å². The van der Waals surface area contributed by atoms with Crippen molar-refractivity contribution >= 4 is 17.3 Å². The molecular weight excluding hydrogens is 367 g/mol. The first-order valence-corrected chi connectivity index (χ1v) is 9.59. The monoisotopic (exact) mass is 392 g/mol. The number of carbonyl (C=O) groups is 1. The Kier molecular flexibility index (Phi) is 6.17. The Morgan fingerprint density at radius 2 is 1.69 bits per heavy atom. The van der Waals surface area contributed by atoms with Crippen molar-refractivity contribution < 1.29 is 13.9 Å². The summed E-state index contributed by atoms with van der Waals surface area (Å²) in [5.41, 5.74) is 11.8. The Balaban J connectivity index is 1.77. The van der Waals surface area contributed by atoms with Gasteiger partial charge in [0.2, 0.25) is 0 Å². The molecule has 0 saturated heterocycles. The van der Waals surface area contributed by atoms with Crippen molar-refractivity contribution in [2.45, 2.75) is 33.4 Å². The van der Waals surface area contributed by atoms with E-state index < -0.39 is 12.1 Å². The van der Waals surface area contributed by atoms with Crippen molar-refractivity contribution in [3.63, 3.8) is 0 Å². The van der Waals surface area contributed by atoms with Gasteiger partial charge in [-0.15, -0.1) is 0 Å². The van der Waals surface area contributed by atoms with Crippen LogP contribution in [-0.2, 0) is 11.2 Å². The summed E-state index contributed by atoms with van der Waals surface area (Å²) in [5.74, 6) is 0.679. The molecule has 0 fully saturated rings. The van der Waals surface area contributed by atoms with E-state index in [1.165, 1.54) is 18.1 Å². The third-order valence-corrected chi connectivity index (χ3v) is 4.72. The van der Waals surface area contributed by atoms with Crippen LogP contribution in [-0.4, -0.2) is 12.1 Å². The van der Waals surface area contributed by atoms with Gasteiger partial charge < -0.3 is 15.8 Å². The number of ether oxygens (including phenoxy) is 1. The van der Waals surface area contributed by atoms with Crippen LogP contribution < -0.4 is 15.8 Å². The largest absolute Gasteiger partial charge is 0.457 e. The lowest BCUT2D eigenvalue weighted by molar-refractivity contribution is -0.120. The van der Waals surface area contributed by atoms with Crippen LogP contribution in [0.5, 0.6) is 11.5 Å². The summed E-state index contributed by atoms with van der Waals surface area (Å²) in [6.07, 6.45) is -0.649. The second kappa shape index (κ2) is 8.78. The van der Waals surface area contributed by atoms with E-state index in [-0.39, 0.29) is 0 Å². The van der Waals surface area contributed by atoms with Crippen molar-refractivity contribution in [3.05, 3.63) is 71.8 Å². The summed E-state index contributed by atoms with van der Waals surface area (Å²) in [5, 5.41) is 2.50. The molecule has 3 rings (SSSR count). The zero-order chi connectivity index (χ0) is 21.0. The molecule has 0 aromatic heterocycles. The number of benzene rings is 3. The minimum Gasteiger partial charge on any atom is -0.457 e. The lowest BCUT2D eigenvalue weighted by Crippen LogP contribution is -2.20. The molecule has 29 heavy (non-hydrogen) atoms. The van der Waals surface area contributed by atoms with Crippen molar-refractivity contribution in [1.82, 2.24) is 0 Å². The number of anilines is 2. The van der Waals surface area contributed by atoms with Gasteiger partial charge in [-0.25, -0.2) is 4.39 Å². The number of halogens is 1. The van der Waals surface area contributed by atoms with E-state index in [4.69, 9.17) is 10.5 Å². The molecule has 0 bridgehead atoms. The van der Waals surface area contributed by atoms with Crippen LogP contribution in [0.15, 0.2) is 60.7 Å². The number of aryl methyl sites for hydroxylation is 2. The maximum Gasteiger partial charge on any atom is 0.258 e. The lowest BCUT2D eigenvalue weighted by Gasteiger charge is -2.14. The number of alkyl halides is 1. The highest BCUT2D eigenvalue weighted by molar-refractivity contribution is 5.93. The fourth-order valence-electron chi connectivity index (χ4n) is 3.15. The van der Waals surface area contributed by atoms with Crippen molar-refractivity contribution in [3.8, 4) is 22.6 Å². The quantitative estimate of drug-likeness (QED) is 0.514. The molecule has 3 aromatic carbocycles. The lowest BCUT2D eigenvalue weighted by atomic mass is 9.94. The summed E-state index contributed by atoms with van der Waals surface area (Å²) in [7, 11) is 0. The van der Waals surface area contributed by atoms with Crippen LogP contribution in [0.1, 0.15) is 25.0 Å². The standard InChI is InChI=1S/C24H25FN2O2/c1-4-17-14-18(26)5-11-23(17)22-12-10-21(13-15(22)2)29-20-8-6-19(7-9-20)27-24(28)16(3)25/h5-14,16H,4,26H2,1-3H3,(H,27,28). The number of amides is 1. The fraction of sp³-hybridized carbons (Fsp3) is 0.208. The van der Waals surface area contributed by atoms with E-state index in [1.54, 1.807) is 24.3 Å².